The van der Waals surface area contributed by atoms with Gasteiger partial charge in [-0.3, -0.25) is 20.9 Å². The summed E-state index contributed by atoms with van der Waals surface area (Å²) in [4.78, 5) is 3.73. The van der Waals surface area contributed by atoms with Crippen molar-refractivity contribution in [1.82, 2.24) is 20.2 Å². The standard InChI is InChI=1S/C12H16FN5/c1-2-18-8-9(6-16-18)5-12(17-14)10-3-4-15-7-11(10)13/h3-4,6-8,12,17H,2,5,14H2,1H3. The third-order valence-corrected chi connectivity index (χ3v) is 2.83. The Kier molecular flexibility index (Phi) is 4.01. The van der Waals surface area contributed by atoms with Crippen molar-refractivity contribution in [3.63, 3.8) is 0 Å². The van der Waals surface area contributed by atoms with Crippen molar-refractivity contribution in [2.24, 2.45) is 5.84 Å². The SMILES string of the molecule is CCn1cc(CC(NN)c2ccncc2F)cn1. The fourth-order valence-corrected chi connectivity index (χ4v) is 1.85. The highest BCUT2D eigenvalue weighted by Gasteiger charge is 2.15. The number of nitrogens with one attached hydrogen (secondary N) is 1. The Labute approximate surface area is 105 Å². The molecule has 96 valence electrons. The van der Waals surface area contributed by atoms with Crippen LogP contribution in [0.2, 0.25) is 0 Å². The molecule has 0 spiro atoms. The molecule has 1 unspecified atom stereocenters. The molecule has 0 aliphatic carbocycles. The predicted octanol–water partition coefficient (Wildman–Crippen LogP) is 1.18. The first-order valence-corrected chi connectivity index (χ1v) is 5.81. The van der Waals surface area contributed by atoms with Crippen LogP contribution in [0.5, 0.6) is 0 Å². The van der Waals surface area contributed by atoms with Crippen molar-refractivity contribution in [3.8, 4) is 0 Å². The molecule has 6 heteroatoms. The largest absolute Gasteiger partial charge is 0.273 e. The number of rotatable bonds is 5. The number of nitrogens with zero attached hydrogens (tertiary/aromatic N) is 3. The zero-order valence-electron chi connectivity index (χ0n) is 10.2. The predicted molar refractivity (Wildman–Crippen MR) is 65.9 cm³/mol. The number of pyridine rings is 1. The summed E-state index contributed by atoms with van der Waals surface area (Å²) in [5, 5.41) is 4.18. The third-order valence-electron chi connectivity index (χ3n) is 2.83. The molecule has 2 aromatic heterocycles. The lowest BCUT2D eigenvalue weighted by molar-refractivity contribution is 0.507. The molecule has 18 heavy (non-hydrogen) atoms. The fraction of sp³-hybridized carbons (Fsp3) is 0.333. The van der Waals surface area contributed by atoms with Gasteiger partial charge in [0.05, 0.1) is 18.4 Å². The molecule has 0 saturated carbocycles. The molecular formula is C12H16FN5. The van der Waals surface area contributed by atoms with Crippen molar-refractivity contribution >= 4 is 0 Å². The minimum absolute atomic E-state index is 0.289. The Morgan fingerprint density at radius 1 is 1.50 bits per heavy atom. The van der Waals surface area contributed by atoms with E-state index in [1.54, 1.807) is 18.5 Å². The second-order valence-electron chi connectivity index (χ2n) is 4.02. The summed E-state index contributed by atoms with van der Waals surface area (Å²) < 4.78 is 15.4. The Bertz CT molecular complexity index is 511. The Morgan fingerprint density at radius 3 is 2.94 bits per heavy atom. The van der Waals surface area contributed by atoms with Crippen LogP contribution >= 0.6 is 0 Å². The van der Waals surface area contributed by atoms with E-state index in [2.05, 4.69) is 15.5 Å². The molecular weight excluding hydrogens is 233 g/mol. The highest BCUT2D eigenvalue weighted by atomic mass is 19.1. The molecule has 0 radical (unpaired) electrons. The van der Waals surface area contributed by atoms with E-state index < -0.39 is 0 Å². The average molecular weight is 249 g/mol. The first kappa shape index (κ1) is 12.7. The van der Waals surface area contributed by atoms with Gasteiger partial charge in [0.25, 0.3) is 0 Å². The molecule has 2 heterocycles. The van der Waals surface area contributed by atoms with E-state index in [0.717, 1.165) is 12.1 Å². The van der Waals surface area contributed by atoms with Crippen LogP contribution in [0.25, 0.3) is 0 Å². The van der Waals surface area contributed by atoms with E-state index in [9.17, 15) is 4.39 Å². The summed E-state index contributed by atoms with van der Waals surface area (Å²) in [6.45, 7) is 2.82. The summed E-state index contributed by atoms with van der Waals surface area (Å²) >= 11 is 0. The Balaban J connectivity index is 2.17. The average Bonchev–Trinajstić information content (AvgIpc) is 2.85. The maximum atomic E-state index is 13.6. The quantitative estimate of drug-likeness (QED) is 0.617. The third kappa shape index (κ3) is 2.72. The number of aromatic nitrogens is 3. The van der Waals surface area contributed by atoms with Gasteiger partial charge in [0.15, 0.2) is 0 Å². The van der Waals surface area contributed by atoms with Crippen LogP contribution < -0.4 is 11.3 Å². The maximum absolute atomic E-state index is 13.6. The molecule has 0 amide bonds. The summed E-state index contributed by atoms with van der Waals surface area (Å²) in [5.41, 5.74) is 4.15. The molecule has 2 rings (SSSR count). The Morgan fingerprint density at radius 2 is 2.33 bits per heavy atom. The molecule has 0 fully saturated rings. The highest BCUT2D eigenvalue weighted by Crippen LogP contribution is 2.19. The van der Waals surface area contributed by atoms with E-state index in [4.69, 9.17) is 5.84 Å². The molecule has 3 N–H and O–H groups in total. The number of hydrazine groups is 1. The van der Waals surface area contributed by atoms with Gasteiger partial charge in [0, 0.05) is 24.5 Å². The second-order valence-corrected chi connectivity index (χ2v) is 4.02. The van der Waals surface area contributed by atoms with Crippen molar-refractivity contribution in [2.45, 2.75) is 25.9 Å². The summed E-state index contributed by atoms with van der Waals surface area (Å²) in [7, 11) is 0. The zero-order valence-corrected chi connectivity index (χ0v) is 10.2. The van der Waals surface area contributed by atoms with Crippen molar-refractivity contribution in [2.75, 3.05) is 0 Å². The van der Waals surface area contributed by atoms with Crippen molar-refractivity contribution in [3.05, 3.63) is 47.8 Å². The van der Waals surface area contributed by atoms with Gasteiger partial charge < -0.3 is 0 Å². The number of hydrogen-bond acceptors (Lipinski definition) is 4. The van der Waals surface area contributed by atoms with E-state index in [0.29, 0.717) is 12.0 Å². The van der Waals surface area contributed by atoms with Crippen molar-refractivity contribution in [1.29, 1.82) is 0 Å². The minimum Gasteiger partial charge on any atom is -0.273 e. The second kappa shape index (κ2) is 5.70. The van der Waals surface area contributed by atoms with Crippen LogP contribution in [0.3, 0.4) is 0 Å². The maximum Gasteiger partial charge on any atom is 0.146 e. The normalized spacial score (nSPS) is 12.6. The molecule has 0 aliphatic heterocycles. The smallest absolute Gasteiger partial charge is 0.146 e. The van der Waals surface area contributed by atoms with Gasteiger partial charge in [-0.15, -0.1) is 0 Å². The zero-order chi connectivity index (χ0) is 13.0. The fourth-order valence-electron chi connectivity index (χ4n) is 1.85. The van der Waals surface area contributed by atoms with Gasteiger partial charge in [-0.1, -0.05) is 0 Å². The molecule has 0 aliphatic rings. The van der Waals surface area contributed by atoms with E-state index in [1.165, 1.54) is 6.20 Å². The molecule has 2 aromatic rings. The lowest BCUT2D eigenvalue weighted by Crippen LogP contribution is -2.30. The van der Waals surface area contributed by atoms with E-state index >= 15 is 0 Å². The van der Waals surface area contributed by atoms with Gasteiger partial charge >= 0.3 is 0 Å². The van der Waals surface area contributed by atoms with Crippen LogP contribution in [0, 0.1) is 5.82 Å². The van der Waals surface area contributed by atoms with Gasteiger partial charge in [0.1, 0.15) is 5.82 Å². The molecule has 1 atom stereocenters. The van der Waals surface area contributed by atoms with Crippen LogP contribution in [0.15, 0.2) is 30.9 Å². The topological polar surface area (TPSA) is 68.8 Å². The van der Waals surface area contributed by atoms with E-state index in [-0.39, 0.29) is 11.9 Å². The number of halogens is 1. The summed E-state index contributed by atoms with van der Waals surface area (Å²) in [5.74, 6) is 5.14. The van der Waals surface area contributed by atoms with Gasteiger partial charge in [0.2, 0.25) is 0 Å². The van der Waals surface area contributed by atoms with Crippen LogP contribution in [-0.4, -0.2) is 14.8 Å². The van der Waals surface area contributed by atoms with Gasteiger partial charge in [-0.05, 0) is 25.0 Å². The molecule has 0 aromatic carbocycles. The monoisotopic (exact) mass is 249 g/mol. The lowest BCUT2D eigenvalue weighted by Gasteiger charge is -2.15. The summed E-state index contributed by atoms with van der Waals surface area (Å²) in [6, 6.07) is 1.34. The van der Waals surface area contributed by atoms with Crippen LogP contribution in [-0.2, 0) is 13.0 Å². The van der Waals surface area contributed by atoms with Crippen LogP contribution in [0.4, 0.5) is 4.39 Å². The molecule has 0 saturated heterocycles. The lowest BCUT2D eigenvalue weighted by atomic mass is 10.0. The van der Waals surface area contributed by atoms with Crippen LogP contribution in [0.1, 0.15) is 24.1 Å². The number of nitrogens with two attached hydrogens (primary N) is 1. The molecule has 0 bridgehead atoms. The van der Waals surface area contributed by atoms with E-state index in [1.807, 2.05) is 17.8 Å². The first-order chi connectivity index (χ1) is 8.74. The highest BCUT2D eigenvalue weighted by molar-refractivity contribution is 5.20. The van der Waals surface area contributed by atoms with Gasteiger partial charge in [-0.2, -0.15) is 5.10 Å². The summed E-state index contributed by atoms with van der Waals surface area (Å²) in [6.07, 6.45) is 7.03. The Hall–Kier alpha value is -1.79. The van der Waals surface area contributed by atoms with Crippen molar-refractivity contribution < 1.29 is 4.39 Å². The number of hydrogen-bond donors (Lipinski definition) is 2. The molecule has 5 nitrogen and oxygen atoms in total. The number of aryl methyl sites for hydroxylation is 1. The first-order valence-electron chi connectivity index (χ1n) is 5.81. The van der Waals surface area contributed by atoms with Gasteiger partial charge in [-0.25, -0.2) is 4.39 Å². The minimum atomic E-state index is -0.358.